The summed E-state index contributed by atoms with van der Waals surface area (Å²) in [5, 5.41) is 14.3. The molecule has 0 aliphatic rings. The Kier molecular flexibility index (Phi) is 7.39. The maximum absolute atomic E-state index is 11.6. The molecule has 0 saturated carbocycles. The first-order chi connectivity index (χ1) is 8.31. The second-order valence-corrected chi connectivity index (χ2v) is 5.30. The van der Waals surface area contributed by atoms with Gasteiger partial charge >= 0.3 is 12.0 Å². The predicted octanol–water partition coefficient (Wildman–Crippen LogP) is 2.37. The Bertz CT molecular complexity index is 279. The molecule has 0 aromatic carbocycles. The minimum Gasteiger partial charge on any atom is -0.480 e. The van der Waals surface area contributed by atoms with Crippen molar-refractivity contribution in [2.45, 2.75) is 58.9 Å². The number of amides is 2. The number of carboxylic acids is 1. The third kappa shape index (κ3) is 6.47. The zero-order chi connectivity index (χ0) is 14.2. The van der Waals surface area contributed by atoms with Crippen LogP contribution in [0.2, 0.25) is 0 Å². The van der Waals surface area contributed by atoms with Gasteiger partial charge in [0.25, 0.3) is 0 Å². The summed E-state index contributed by atoms with van der Waals surface area (Å²) in [7, 11) is 0. The fraction of sp³-hybridized carbons (Fsp3) is 0.846. The molecule has 18 heavy (non-hydrogen) atoms. The van der Waals surface area contributed by atoms with Crippen LogP contribution in [-0.2, 0) is 4.79 Å². The monoisotopic (exact) mass is 258 g/mol. The number of hydrogen-bond acceptors (Lipinski definition) is 2. The van der Waals surface area contributed by atoms with E-state index in [1.54, 1.807) is 0 Å². The van der Waals surface area contributed by atoms with Crippen molar-refractivity contribution >= 4 is 12.0 Å². The summed E-state index contributed by atoms with van der Waals surface area (Å²) in [6.07, 6.45) is 3.08. The number of carbonyl (C=O) groups excluding carboxylic acids is 1. The zero-order valence-electron chi connectivity index (χ0n) is 11.9. The average molecular weight is 258 g/mol. The van der Waals surface area contributed by atoms with Crippen LogP contribution in [0.4, 0.5) is 4.79 Å². The van der Waals surface area contributed by atoms with E-state index < -0.39 is 17.5 Å². The van der Waals surface area contributed by atoms with Crippen molar-refractivity contribution in [3.05, 3.63) is 0 Å². The number of hydrogen-bond donors (Lipinski definition) is 3. The van der Waals surface area contributed by atoms with Gasteiger partial charge in [-0.25, -0.2) is 9.59 Å². The SMILES string of the molecule is CCCC(C)(NC(=O)NCCCC(C)C)C(=O)O. The van der Waals surface area contributed by atoms with Crippen LogP contribution >= 0.6 is 0 Å². The third-order valence-electron chi connectivity index (χ3n) is 2.86. The van der Waals surface area contributed by atoms with Crippen LogP contribution in [0, 0.1) is 5.92 Å². The van der Waals surface area contributed by atoms with Crippen molar-refractivity contribution in [1.29, 1.82) is 0 Å². The molecule has 0 radical (unpaired) electrons. The van der Waals surface area contributed by atoms with Gasteiger partial charge in [0.15, 0.2) is 0 Å². The topological polar surface area (TPSA) is 78.4 Å². The summed E-state index contributed by atoms with van der Waals surface area (Å²) in [4.78, 5) is 22.7. The van der Waals surface area contributed by atoms with E-state index >= 15 is 0 Å². The number of carbonyl (C=O) groups is 2. The maximum Gasteiger partial charge on any atom is 0.329 e. The molecule has 106 valence electrons. The minimum absolute atomic E-state index is 0.405. The van der Waals surface area contributed by atoms with Crippen LogP contribution in [0.5, 0.6) is 0 Å². The fourth-order valence-corrected chi connectivity index (χ4v) is 1.73. The Morgan fingerprint density at radius 2 is 1.94 bits per heavy atom. The van der Waals surface area contributed by atoms with Crippen LogP contribution in [-0.4, -0.2) is 29.2 Å². The van der Waals surface area contributed by atoms with Gasteiger partial charge in [-0.15, -0.1) is 0 Å². The molecule has 0 aromatic heterocycles. The zero-order valence-corrected chi connectivity index (χ0v) is 11.9. The number of urea groups is 1. The Labute approximate surface area is 109 Å². The molecule has 0 saturated heterocycles. The molecule has 3 N–H and O–H groups in total. The van der Waals surface area contributed by atoms with Crippen LogP contribution in [0.3, 0.4) is 0 Å². The Morgan fingerprint density at radius 1 is 1.33 bits per heavy atom. The summed E-state index contributed by atoms with van der Waals surface area (Å²) in [5.74, 6) is -0.388. The lowest BCUT2D eigenvalue weighted by molar-refractivity contribution is -0.144. The molecule has 0 aromatic rings. The van der Waals surface area contributed by atoms with Crippen molar-refractivity contribution in [3.8, 4) is 0 Å². The molecular weight excluding hydrogens is 232 g/mol. The molecule has 0 rings (SSSR count). The van der Waals surface area contributed by atoms with Crippen LogP contribution in [0.15, 0.2) is 0 Å². The van der Waals surface area contributed by atoms with Gasteiger partial charge in [0.1, 0.15) is 5.54 Å². The van der Waals surface area contributed by atoms with Gasteiger partial charge in [-0.2, -0.15) is 0 Å². The highest BCUT2D eigenvalue weighted by Crippen LogP contribution is 2.12. The van der Waals surface area contributed by atoms with E-state index in [9.17, 15) is 9.59 Å². The Hall–Kier alpha value is -1.26. The van der Waals surface area contributed by atoms with Crippen molar-refractivity contribution in [2.75, 3.05) is 6.54 Å². The normalized spacial score (nSPS) is 14.1. The Morgan fingerprint density at radius 3 is 2.39 bits per heavy atom. The molecular formula is C13H26N2O3. The molecule has 1 atom stereocenters. The van der Waals surface area contributed by atoms with E-state index in [-0.39, 0.29) is 0 Å². The summed E-state index contributed by atoms with van der Waals surface area (Å²) in [5.41, 5.74) is -1.18. The number of carboxylic acid groups (broad SMARTS) is 1. The molecule has 0 aliphatic carbocycles. The maximum atomic E-state index is 11.6. The average Bonchev–Trinajstić information content (AvgIpc) is 2.24. The smallest absolute Gasteiger partial charge is 0.329 e. The van der Waals surface area contributed by atoms with E-state index in [2.05, 4.69) is 24.5 Å². The molecule has 0 bridgehead atoms. The first-order valence-corrected chi connectivity index (χ1v) is 6.61. The van der Waals surface area contributed by atoms with E-state index in [0.717, 1.165) is 12.8 Å². The van der Waals surface area contributed by atoms with Gasteiger partial charge in [0.05, 0.1) is 0 Å². The van der Waals surface area contributed by atoms with Gasteiger partial charge in [0, 0.05) is 6.54 Å². The van der Waals surface area contributed by atoms with Crippen molar-refractivity contribution in [2.24, 2.45) is 5.92 Å². The molecule has 0 aliphatic heterocycles. The number of nitrogens with one attached hydrogen (secondary N) is 2. The van der Waals surface area contributed by atoms with Crippen molar-refractivity contribution < 1.29 is 14.7 Å². The van der Waals surface area contributed by atoms with Gasteiger partial charge < -0.3 is 15.7 Å². The summed E-state index contributed by atoms with van der Waals surface area (Å²) < 4.78 is 0. The quantitative estimate of drug-likeness (QED) is 0.585. The van der Waals surface area contributed by atoms with E-state index in [0.29, 0.717) is 25.3 Å². The largest absolute Gasteiger partial charge is 0.480 e. The molecule has 1 unspecified atom stereocenters. The standard InChI is InChI=1S/C13H26N2O3/c1-5-8-13(4,11(16)17)15-12(18)14-9-6-7-10(2)3/h10H,5-9H2,1-4H3,(H,16,17)(H2,14,15,18). The van der Waals surface area contributed by atoms with Gasteiger partial charge in [0.2, 0.25) is 0 Å². The molecule has 2 amide bonds. The van der Waals surface area contributed by atoms with Gasteiger partial charge in [-0.1, -0.05) is 27.2 Å². The second kappa shape index (κ2) is 7.95. The highest BCUT2D eigenvalue weighted by atomic mass is 16.4. The molecule has 5 nitrogen and oxygen atoms in total. The fourth-order valence-electron chi connectivity index (χ4n) is 1.73. The summed E-state index contributed by atoms with van der Waals surface area (Å²) in [6.45, 7) is 8.26. The van der Waals surface area contributed by atoms with Crippen molar-refractivity contribution in [1.82, 2.24) is 10.6 Å². The molecule has 0 spiro atoms. The summed E-state index contributed by atoms with van der Waals surface area (Å²) in [6, 6.07) is -0.405. The second-order valence-electron chi connectivity index (χ2n) is 5.30. The predicted molar refractivity (Wildman–Crippen MR) is 71.6 cm³/mol. The van der Waals surface area contributed by atoms with E-state index in [1.807, 2.05) is 6.92 Å². The Balaban J connectivity index is 4.07. The van der Waals surface area contributed by atoms with Gasteiger partial charge in [-0.3, -0.25) is 0 Å². The lowest BCUT2D eigenvalue weighted by atomic mass is 9.97. The third-order valence-corrected chi connectivity index (χ3v) is 2.86. The van der Waals surface area contributed by atoms with Crippen molar-refractivity contribution in [3.63, 3.8) is 0 Å². The van der Waals surface area contributed by atoms with Crippen LogP contribution < -0.4 is 10.6 Å². The lowest BCUT2D eigenvalue weighted by Gasteiger charge is -2.25. The molecule has 0 fully saturated rings. The molecule has 0 heterocycles. The molecule has 5 heteroatoms. The van der Waals surface area contributed by atoms with E-state index in [4.69, 9.17) is 5.11 Å². The van der Waals surface area contributed by atoms with E-state index in [1.165, 1.54) is 6.92 Å². The minimum atomic E-state index is -1.18. The first-order valence-electron chi connectivity index (χ1n) is 6.61. The highest BCUT2D eigenvalue weighted by molar-refractivity contribution is 5.85. The first kappa shape index (κ1) is 16.7. The highest BCUT2D eigenvalue weighted by Gasteiger charge is 2.33. The van der Waals surface area contributed by atoms with Crippen LogP contribution in [0.1, 0.15) is 53.4 Å². The van der Waals surface area contributed by atoms with Gasteiger partial charge in [-0.05, 0) is 32.1 Å². The number of aliphatic carboxylic acids is 1. The number of rotatable bonds is 8. The van der Waals surface area contributed by atoms with Crippen LogP contribution in [0.25, 0.3) is 0 Å². The lowest BCUT2D eigenvalue weighted by Crippen LogP contribution is -2.55. The summed E-state index contributed by atoms with van der Waals surface area (Å²) >= 11 is 0.